The van der Waals surface area contributed by atoms with Crippen molar-refractivity contribution in [3.8, 4) is 0 Å². The molecule has 0 bridgehead atoms. The Hall–Kier alpha value is -4.40. The van der Waals surface area contributed by atoms with Gasteiger partial charge in [0.1, 0.15) is 25.3 Å². The van der Waals surface area contributed by atoms with Crippen molar-refractivity contribution >= 4 is 47.4 Å². The SMILES string of the molecule is CCC(=O)NCCCCC(NC(=O)COCCOCCNC(=O)COCCOCCNC(=O)CCC(NC(=O)CC(C)(C)CC(C)(C)CC(=O)O)C(=O)O)C(=O)O. The molecule has 0 aromatic heterocycles. The topological polar surface area (TPSA) is 294 Å². The number of nitrogens with one attached hydrogen (secondary N) is 5. The quantitative estimate of drug-likeness (QED) is 0.0397. The van der Waals surface area contributed by atoms with Crippen molar-refractivity contribution in [2.45, 2.75) is 104 Å². The minimum absolute atomic E-state index is 0.0113. The molecule has 328 valence electrons. The summed E-state index contributed by atoms with van der Waals surface area (Å²) in [6, 6.07) is -2.33. The average Bonchev–Trinajstić information content (AvgIpc) is 3.09. The normalized spacial score (nSPS) is 12.5. The number of rotatable bonds is 35. The van der Waals surface area contributed by atoms with Crippen LogP contribution in [0.2, 0.25) is 0 Å². The zero-order valence-electron chi connectivity index (χ0n) is 34.0. The van der Waals surface area contributed by atoms with Crippen molar-refractivity contribution in [2.75, 3.05) is 72.5 Å². The van der Waals surface area contributed by atoms with E-state index in [0.717, 1.165) is 0 Å². The van der Waals surface area contributed by atoms with Crippen LogP contribution in [0, 0.1) is 10.8 Å². The standard InChI is InChI=1S/C37H65N5O15/c1-6-28(43)38-12-8-7-9-26(34(50)51)42-32(47)24-57-20-18-55-16-14-40-31(46)23-56-19-17-54-15-13-39-29(44)11-10-27(35(52)53)41-30(45)21-36(2,3)25-37(4,5)22-33(48)49/h26-27H,6-25H2,1-5H3,(H,38,43)(H,39,44)(H,40,46)(H,41,45)(H,42,47)(H,48,49)(H,50,51)(H,52,53). The van der Waals surface area contributed by atoms with E-state index in [2.05, 4.69) is 26.6 Å². The number of carbonyl (C=O) groups is 8. The molecule has 0 aromatic carbocycles. The lowest BCUT2D eigenvalue weighted by atomic mass is 9.71. The zero-order chi connectivity index (χ0) is 43.3. The van der Waals surface area contributed by atoms with Crippen LogP contribution < -0.4 is 26.6 Å². The number of ether oxygens (including phenoxy) is 4. The molecule has 0 spiro atoms. The first kappa shape index (κ1) is 52.6. The van der Waals surface area contributed by atoms with Gasteiger partial charge in [0.2, 0.25) is 29.5 Å². The summed E-state index contributed by atoms with van der Waals surface area (Å²) in [6.07, 6.45) is 1.76. The van der Waals surface area contributed by atoms with Gasteiger partial charge in [-0.3, -0.25) is 28.8 Å². The smallest absolute Gasteiger partial charge is 0.326 e. The lowest BCUT2D eigenvalue weighted by molar-refractivity contribution is -0.143. The van der Waals surface area contributed by atoms with Gasteiger partial charge in [-0.05, 0) is 42.9 Å². The third-order valence-corrected chi connectivity index (χ3v) is 8.06. The summed E-state index contributed by atoms with van der Waals surface area (Å²) in [4.78, 5) is 94.2. The molecular weight excluding hydrogens is 754 g/mol. The Morgan fingerprint density at radius 1 is 0.526 bits per heavy atom. The van der Waals surface area contributed by atoms with E-state index in [-0.39, 0.29) is 110 Å². The van der Waals surface area contributed by atoms with E-state index < -0.39 is 58.5 Å². The van der Waals surface area contributed by atoms with Crippen LogP contribution in [0.15, 0.2) is 0 Å². The highest BCUT2D eigenvalue weighted by molar-refractivity contribution is 5.85. The lowest BCUT2D eigenvalue weighted by Gasteiger charge is -2.34. The fourth-order valence-corrected chi connectivity index (χ4v) is 5.80. The van der Waals surface area contributed by atoms with Crippen molar-refractivity contribution in [1.29, 1.82) is 0 Å². The zero-order valence-corrected chi connectivity index (χ0v) is 34.0. The highest BCUT2D eigenvalue weighted by atomic mass is 16.5. The molecule has 0 rings (SSSR count). The molecule has 0 aliphatic carbocycles. The number of carboxylic acid groups (broad SMARTS) is 3. The largest absolute Gasteiger partial charge is 0.481 e. The van der Waals surface area contributed by atoms with Crippen molar-refractivity contribution < 1.29 is 72.6 Å². The van der Waals surface area contributed by atoms with Crippen LogP contribution in [-0.4, -0.2) is 147 Å². The summed E-state index contributed by atoms with van der Waals surface area (Å²) in [6.45, 7) is 9.98. The molecule has 0 fully saturated rings. The highest BCUT2D eigenvalue weighted by Crippen LogP contribution is 2.38. The maximum atomic E-state index is 12.6. The van der Waals surface area contributed by atoms with Crippen LogP contribution in [0.5, 0.6) is 0 Å². The Kier molecular flexibility index (Phi) is 27.5. The average molecular weight is 820 g/mol. The molecule has 0 saturated heterocycles. The molecule has 2 atom stereocenters. The molecule has 0 aromatic rings. The predicted molar refractivity (Wildman–Crippen MR) is 204 cm³/mol. The Bertz CT molecular complexity index is 1280. The fourth-order valence-electron chi connectivity index (χ4n) is 5.80. The minimum atomic E-state index is -1.28. The Balaban J connectivity index is 3.96. The molecule has 0 saturated carbocycles. The third kappa shape index (κ3) is 30.4. The summed E-state index contributed by atoms with van der Waals surface area (Å²) in [5, 5.41) is 40.7. The van der Waals surface area contributed by atoms with Crippen molar-refractivity contribution in [3.05, 3.63) is 0 Å². The Labute approximate surface area is 334 Å². The van der Waals surface area contributed by atoms with Gasteiger partial charge in [0.05, 0.1) is 46.1 Å². The summed E-state index contributed by atoms with van der Waals surface area (Å²) in [5.41, 5.74) is -1.15. The molecular formula is C37H65N5O15. The molecule has 2 unspecified atom stereocenters. The number of hydrogen-bond donors (Lipinski definition) is 8. The van der Waals surface area contributed by atoms with Crippen molar-refractivity contribution in [3.63, 3.8) is 0 Å². The van der Waals surface area contributed by atoms with Crippen LogP contribution in [0.1, 0.15) is 92.4 Å². The summed E-state index contributed by atoms with van der Waals surface area (Å²) in [5.74, 6) is -5.34. The summed E-state index contributed by atoms with van der Waals surface area (Å²) >= 11 is 0. The van der Waals surface area contributed by atoms with Crippen molar-refractivity contribution in [1.82, 2.24) is 26.6 Å². The Morgan fingerprint density at radius 3 is 1.54 bits per heavy atom. The van der Waals surface area contributed by atoms with Gasteiger partial charge in [0.25, 0.3) is 0 Å². The van der Waals surface area contributed by atoms with E-state index in [1.54, 1.807) is 20.8 Å². The highest BCUT2D eigenvalue weighted by Gasteiger charge is 2.33. The van der Waals surface area contributed by atoms with Crippen LogP contribution in [0.25, 0.3) is 0 Å². The van der Waals surface area contributed by atoms with Gasteiger partial charge in [-0.2, -0.15) is 0 Å². The summed E-state index contributed by atoms with van der Waals surface area (Å²) < 4.78 is 21.1. The van der Waals surface area contributed by atoms with E-state index in [0.29, 0.717) is 32.2 Å². The number of carboxylic acids is 3. The lowest BCUT2D eigenvalue weighted by Crippen LogP contribution is -2.43. The molecule has 20 nitrogen and oxygen atoms in total. The molecule has 0 aliphatic rings. The monoisotopic (exact) mass is 819 g/mol. The Morgan fingerprint density at radius 2 is 1.00 bits per heavy atom. The molecule has 0 heterocycles. The number of amides is 5. The van der Waals surface area contributed by atoms with Crippen LogP contribution >= 0.6 is 0 Å². The number of carbonyl (C=O) groups excluding carboxylic acids is 5. The second-order valence-corrected chi connectivity index (χ2v) is 14.9. The molecule has 5 amide bonds. The molecule has 8 N–H and O–H groups in total. The predicted octanol–water partition coefficient (Wildman–Crippen LogP) is 0.208. The first-order valence-corrected chi connectivity index (χ1v) is 19.1. The molecule has 57 heavy (non-hydrogen) atoms. The third-order valence-electron chi connectivity index (χ3n) is 8.06. The number of hydrogen-bond acceptors (Lipinski definition) is 12. The van der Waals surface area contributed by atoms with Gasteiger partial charge in [-0.25, -0.2) is 9.59 Å². The molecule has 0 aliphatic heterocycles. The maximum absolute atomic E-state index is 12.6. The second-order valence-electron chi connectivity index (χ2n) is 14.9. The minimum Gasteiger partial charge on any atom is -0.481 e. The maximum Gasteiger partial charge on any atom is 0.326 e. The van der Waals surface area contributed by atoms with E-state index >= 15 is 0 Å². The van der Waals surface area contributed by atoms with Crippen molar-refractivity contribution in [2.24, 2.45) is 10.8 Å². The first-order valence-electron chi connectivity index (χ1n) is 19.1. The van der Waals surface area contributed by atoms with Crippen LogP contribution in [0.3, 0.4) is 0 Å². The van der Waals surface area contributed by atoms with Crippen LogP contribution in [0.4, 0.5) is 0 Å². The second kappa shape index (κ2) is 29.8. The van der Waals surface area contributed by atoms with E-state index in [4.69, 9.17) is 24.1 Å². The van der Waals surface area contributed by atoms with Gasteiger partial charge in [0.15, 0.2) is 0 Å². The van der Waals surface area contributed by atoms with Gasteiger partial charge in [-0.15, -0.1) is 0 Å². The van der Waals surface area contributed by atoms with E-state index in [1.165, 1.54) is 0 Å². The fraction of sp³-hybridized carbons (Fsp3) is 0.784. The van der Waals surface area contributed by atoms with Gasteiger partial charge in [-0.1, -0.05) is 34.6 Å². The first-order chi connectivity index (χ1) is 26.8. The van der Waals surface area contributed by atoms with Gasteiger partial charge < -0.3 is 60.9 Å². The van der Waals surface area contributed by atoms with E-state index in [9.17, 15) is 48.6 Å². The van der Waals surface area contributed by atoms with E-state index in [1.807, 2.05) is 13.8 Å². The number of aliphatic carboxylic acids is 3. The molecule has 0 radical (unpaired) electrons. The molecule has 20 heteroatoms. The summed E-state index contributed by atoms with van der Waals surface area (Å²) in [7, 11) is 0. The van der Waals surface area contributed by atoms with Gasteiger partial charge >= 0.3 is 17.9 Å². The van der Waals surface area contributed by atoms with Crippen LogP contribution in [-0.2, 0) is 57.3 Å². The van der Waals surface area contributed by atoms with Gasteiger partial charge in [0, 0.05) is 38.9 Å². The number of unbranched alkanes of at least 4 members (excludes halogenated alkanes) is 1.